The van der Waals surface area contributed by atoms with E-state index >= 15 is 0 Å². The maximum atomic E-state index is 2.38. The Morgan fingerprint density at radius 2 is 1.12 bits per heavy atom. The standard InChI is InChI=1S/C16H10/c1-2-4-10-6-12-11(5-9(10)3-1)13-7-15(13)16-8-14(12)16/h1-6H,7-8H2. The molecule has 0 heteroatoms. The summed E-state index contributed by atoms with van der Waals surface area (Å²) in [6, 6.07) is 13.5. The Balaban J connectivity index is 2.09. The van der Waals surface area contributed by atoms with Gasteiger partial charge in [-0.1, -0.05) is 24.3 Å². The van der Waals surface area contributed by atoms with Gasteiger partial charge >= 0.3 is 0 Å². The minimum atomic E-state index is 1.25. The zero-order valence-corrected chi connectivity index (χ0v) is 8.88. The molecule has 3 aromatic carbocycles. The van der Waals surface area contributed by atoms with Crippen LogP contribution in [-0.2, 0) is 12.8 Å². The maximum Gasteiger partial charge on any atom is -0.00106 e. The second kappa shape index (κ2) is 2.15. The average molecular weight is 202 g/mol. The molecule has 0 aromatic heterocycles. The Morgan fingerprint density at radius 1 is 0.625 bits per heavy atom. The van der Waals surface area contributed by atoms with Gasteiger partial charge in [0.25, 0.3) is 0 Å². The molecule has 2 aliphatic rings. The summed E-state index contributed by atoms with van der Waals surface area (Å²) in [6.45, 7) is 0. The molecular formula is C16H10. The van der Waals surface area contributed by atoms with Crippen molar-refractivity contribution in [3.05, 3.63) is 58.7 Å². The van der Waals surface area contributed by atoms with Crippen molar-refractivity contribution >= 4 is 21.5 Å². The Labute approximate surface area is 93.5 Å². The summed E-state index contributed by atoms with van der Waals surface area (Å²) in [5, 5.41) is 5.80. The van der Waals surface area contributed by atoms with Gasteiger partial charge in [-0.05, 0) is 68.8 Å². The monoisotopic (exact) mass is 202 g/mol. The topological polar surface area (TPSA) is 0 Å². The van der Waals surface area contributed by atoms with Crippen molar-refractivity contribution in [1.29, 1.82) is 0 Å². The van der Waals surface area contributed by atoms with Crippen LogP contribution in [0.5, 0.6) is 0 Å². The SMILES string of the molecule is c1ccc2cc3c4c(c5c(c3cc2c1)C5)C4. The Morgan fingerprint density at radius 3 is 1.62 bits per heavy atom. The van der Waals surface area contributed by atoms with Crippen molar-refractivity contribution < 1.29 is 0 Å². The third-order valence-corrected chi connectivity index (χ3v) is 4.09. The summed E-state index contributed by atoms with van der Waals surface area (Å²) in [6.07, 6.45) is 2.51. The van der Waals surface area contributed by atoms with E-state index in [1.165, 1.54) is 34.4 Å². The molecule has 0 atom stereocenters. The minimum Gasteiger partial charge on any atom is -0.0616 e. The molecule has 0 radical (unpaired) electrons. The predicted octanol–water partition coefficient (Wildman–Crippen LogP) is 3.80. The fourth-order valence-corrected chi connectivity index (χ4v) is 3.10. The molecule has 0 saturated heterocycles. The summed E-state index contributed by atoms with van der Waals surface area (Å²) in [7, 11) is 0. The van der Waals surface area contributed by atoms with Crippen LogP contribution in [0.15, 0.2) is 36.4 Å². The van der Waals surface area contributed by atoms with E-state index in [1.807, 2.05) is 0 Å². The first-order valence-electron chi connectivity index (χ1n) is 5.90. The van der Waals surface area contributed by atoms with Gasteiger partial charge in [0.05, 0.1) is 0 Å². The van der Waals surface area contributed by atoms with Crippen LogP contribution < -0.4 is 0 Å². The van der Waals surface area contributed by atoms with Crippen LogP contribution in [0.4, 0.5) is 0 Å². The van der Waals surface area contributed by atoms with Crippen LogP contribution in [0.3, 0.4) is 0 Å². The lowest BCUT2D eigenvalue weighted by Gasteiger charge is -2.01. The minimum absolute atomic E-state index is 1.25. The molecule has 74 valence electrons. The van der Waals surface area contributed by atoms with E-state index in [0.29, 0.717) is 0 Å². The lowest BCUT2D eigenvalue weighted by molar-refractivity contribution is 1.53. The van der Waals surface area contributed by atoms with Crippen LogP contribution in [0.25, 0.3) is 21.5 Å². The van der Waals surface area contributed by atoms with Gasteiger partial charge in [-0.15, -0.1) is 0 Å². The highest BCUT2D eigenvalue weighted by Crippen LogP contribution is 2.50. The fourth-order valence-electron chi connectivity index (χ4n) is 3.10. The lowest BCUT2D eigenvalue weighted by Crippen LogP contribution is -1.75. The highest BCUT2D eigenvalue weighted by Gasteiger charge is 2.34. The van der Waals surface area contributed by atoms with E-state index in [-0.39, 0.29) is 0 Å². The van der Waals surface area contributed by atoms with Crippen molar-refractivity contribution in [2.24, 2.45) is 0 Å². The van der Waals surface area contributed by atoms with E-state index in [2.05, 4.69) is 36.4 Å². The zero-order chi connectivity index (χ0) is 10.3. The summed E-state index contributed by atoms with van der Waals surface area (Å²) < 4.78 is 0. The lowest BCUT2D eigenvalue weighted by atomic mass is 10.0. The third kappa shape index (κ3) is 0.746. The molecular weight excluding hydrogens is 192 g/mol. The molecule has 0 fully saturated rings. The molecule has 16 heavy (non-hydrogen) atoms. The Kier molecular flexibility index (Phi) is 1.000. The first kappa shape index (κ1) is 7.45. The molecule has 0 heterocycles. The van der Waals surface area contributed by atoms with Crippen LogP contribution in [0.2, 0.25) is 0 Å². The van der Waals surface area contributed by atoms with Crippen LogP contribution in [-0.4, -0.2) is 0 Å². The molecule has 0 aliphatic heterocycles. The molecule has 0 bridgehead atoms. The second-order valence-electron chi connectivity index (χ2n) is 5.01. The van der Waals surface area contributed by atoms with E-state index in [1.54, 1.807) is 22.3 Å². The zero-order valence-electron chi connectivity index (χ0n) is 8.88. The first-order valence-corrected chi connectivity index (χ1v) is 5.90. The number of fused-ring (bicyclic) bond motifs is 7. The second-order valence-corrected chi connectivity index (χ2v) is 5.01. The first-order chi connectivity index (χ1) is 7.92. The molecule has 0 N–H and O–H groups in total. The van der Waals surface area contributed by atoms with Gasteiger partial charge in [0.1, 0.15) is 0 Å². The van der Waals surface area contributed by atoms with E-state index in [4.69, 9.17) is 0 Å². The number of rotatable bonds is 0. The summed E-state index contributed by atoms with van der Waals surface area (Å²) in [5.74, 6) is 0. The van der Waals surface area contributed by atoms with E-state index in [0.717, 1.165) is 0 Å². The van der Waals surface area contributed by atoms with E-state index < -0.39 is 0 Å². The van der Waals surface area contributed by atoms with Gasteiger partial charge in [-0.3, -0.25) is 0 Å². The van der Waals surface area contributed by atoms with Crippen molar-refractivity contribution in [3.8, 4) is 0 Å². The Bertz CT molecular complexity index is 726. The number of hydrogen-bond donors (Lipinski definition) is 0. The molecule has 5 rings (SSSR count). The highest BCUT2D eigenvalue weighted by molar-refractivity contribution is 6.06. The quantitative estimate of drug-likeness (QED) is 0.335. The third-order valence-electron chi connectivity index (χ3n) is 4.09. The summed E-state index contributed by atoms with van der Waals surface area (Å²) in [4.78, 5) is 0. The fraction of sp³-hybridized carbons (Fsp3) is 0.125. The normalized spacial score (nSPS) is 15.0. The molecule has 3 aromatic rings. The number of benzene rings is 3. The van der Waals surface area contributed by atoms with Gasteiger partial charge < -0.3 is 0 Å². The largest absolute Gasteiger partial charge is 0.0616 e. The van der Waals surface area contributed by atoms with Gasteiger partial charge in [-0.25, -0.2) is 0 Å². The van der Waals surface area contributed by atoms with Gasteiger partial charge in [0, 0.05) is 0 Å². The molecule has 0 amide bonds. The smallest absolute Gasteiger partial charge is 0.00106 e. The summed E-state index contributed by atoms with van der Waals surface area (Å²) in [5.41, 5.74) is 6.57. The molecule has 0 unspecified atom stereocenters. The van der Waals surface area contributed by atoms with Gasteiger partial charge in [-0.2, -0.15) is 0 Å². The van der Waals surface area contributed by atoms with Gasteiger partial charge in [0.2, 0.25) is 0 Å². The summed E-state index contributed by atoms with van der Waals surface area (Å²) >= 11 is 0. The predicted molar refractivity (Wildman–Crippen MR) is 67.1 cm³/mol. The van der Waals surface area contributed by atoms with Gasteiger partial charge in [0.15, 0.2) is 0 Å². The molecule has 2 aliphatic carbocycles. The average Bonchev–Trinajstić information content (AvgIpc) is 3.16. The van der Waals surface area contributed by atoms with Crippen molar-refractivity contribution in [2.45, 2.75) is 12.8 Å². The molecule has 0 saturated carbocycles. The van der Waals surface area contributed by atoms with Crippen LogP contribution in [0, 0.1) is 0 Å². The van der Waals surface area contributed by atoms with Crippen LogP contribution >= 0.6 is 0 Å². The highest BCUT2D eigenvalue weighted by atomic mass is 14.4. The maximum absolute atomic E-state index is 2.38. The van der Waals surface area contributed by atoms with Crippen molar-refractivity contribution in [1.82, 2.24) is 0 Å². The van der Waals surface area contributed by atoms with Crippen molar-refractivity contribution in [2.75, 3.05) is 0 Å². The number of hydrogen-bond acceptors (Lipinski definition) is 0. The van der Waals surface area contributed by atoms with E-state index in [9.17, 15) is 0 Å². The Hall–Kier alpha value is -1.82. The molecule has 0 spiro atoms. The van der Waals surface area contributed by atoms with Crippen LogP contribution in [0.1, 0.15) is 22.3 Å². The molecule has 0 nitrogen and oxygen atoms in total. The van der Waals surface area contributed by atoms with Crippen molar-refractivity contribution in [3.63, 3.8) is 0 Å².